The molecule has 0 aliphatic carbocycles. The lowest BCUT2D eigenvalue weighted by Crippen LogP contribution is -2.36. The van der Waals surface area contributed by atoms with E-state index in [1.807, 2.05) is 36.4 Å². The number of benzene rings is 1. The number of carbonyl (C=O) groups is 1. The van der Waals surface area contributed by atoms with Gasteiger partial charge in [0, 0.05) is 23.6 Å². The zero-order valence-corrected chi connectivity index (χ0v) is 13.5. The summed E-state index contributed by atoms with van der Waals surface area (Å²) in [4.78, 5) is 18.2. The van der Waals surface area contributed by atoms with Crippen LogP contribution in [0.15, 0.2) is 53.3 Å². The van der Waals surface area contributed by atoms with Crippen LogP contribution < -0.4 is 5.32 Å². The molecule has 0 unspecified atom stereocenters. The standard InChI is InChI=1S/C19H21N3O2/c23-19(15-12-20-16-7-2-1-6-14(15)16)21-13-17(18-8-5-11-24-18)22-9-3-4-10-22/h1-2,5-8,11-12,17,20H,3-4,9-10,13H2,(H,21,23)/t17-/m1/s1. The van der Waals surface area contributed by atoms with Crippen molar-refractivity contribution in [1.29, 1.82) is 0 Å². The summed E-state index contributed by atoms with van der Waals surface area (Å²) in [5.74, 6) is 0.860. The summed E-state index contributed by atoms with van der Waals surface area (Å²) in [6.07, 6.45) is 5.87. The van der Waals surface area contributed by atoms with Gasteiger partial charge in [-0.05, 0) is 44.1 Å². The minimum absolute atomic E-state index is 0.0526. The van der Waals surface area contributed by atoms with Gasteiger partial charge in [0.05, 0.1) is 17.9 Å². The maximum Gasteiger partial charge on any atom is 0.253 e. The van der Waals surface area contributed by atoms with Crippen molar-refractivity contribution in [3.63, 3.8) is 0 Å². The van der Waals surface area contributed by atoms with Crippen LogP contribution in [-0.4, -0.2) is 35.4 Å². The number of rotatable bonds is 5. The highest BCUT2D eigenvalue weighted by atomic mass is 16.3. The van der Waals surface area contributed by atoms with E-state index < -0.39 is 0 Å². The predicted octanol–water partition coefficient (Wildman–Crippen LogP) is 3.33. The molecule has 2 aromatic heterocycles. The van der Waals surface area contributed by atoms with Gasteiger partial charge < -0.3 is 14.7 Å². The number of furan rings is 1. The molecular weight excluding hydrogens is 302 g/mol. The van der Waals surface area contributed by atoms with Gasteiger partial charge in [0.2, 0.25) is 0 Å². The van der Waals surface area contributed by atoms with E-state index in [1.165, 1.54) is 12.8 Å². The Balaban J connectivity index is 1.50. The molecule has 1 atom stereocenters. The van der Waals surface area contributed by atoms with E-state index in [1.54, 1.807) is 12.5 Å². The topological polar surface area (TPSA) is 61.3 Å². The van der Waals surface area contributed by atoms with Crippen molar-refractivity contribution in [3.05, 3.63) is 60.2 Å². The Morgan fingerprint density at radius 1 is 1.21 bits per heavy atom. The minimum Gasteiger partial charge on any atom is -0.468 e. The molecule has 1 aromatic carbocycles. The first-order valence-corrected chi connectivity index (χ1v) is 8.45. The third kappa shape index (κ3) is 2.83. The Morgan fingerprint density at radius 3 is 2.83 bits per heavy atom. The Labute approximate surface area is 140 Å². The number of hydrogen-bond acceptors (Lipinski definition) is 3. The highest BCUT2D eigenvalue weighted by Gasteiger charge is 2.26. The van der Waals surface area contributed by atoms with Crippen molar-refractivity contribution >= 4 is 16.8 Å². The van der Waals surface area contributed by atoms with E-state index in [4.69, 9.17) is 4.42 Å². The van der Waals surface area contributed by atoms with Crippen LogP contribution in [0.5, 0.6) is 0 Å². The zero-order chi connectivity index (χ0) is 16.4. The fraction of sp³-hybridized carbons (Fsp3) is 0.316. The highest BCUT2D eigenvalue weighted by Crippen LogP contribution is 2.25. The van der Waals surface area contributed by atoms with E-state index >= 15 is 0 Å². The number of amides is 1. The zero-order valence-electron chi connectivity index (χ0n) is 13.5. The first-order chi connectivity index (χ1) is 11.8. The molecule has 1 fully saturated rings. The van der Waals surface area contributed by atoms with Gasteiger partial charge in [-0.2, -0.15) is 0 Å². The number of nitrogens with zero attached hydrogens (tertiary/aromatic N) is 1. The van der Waals surface area contributed by atoms with Crippen LogP contribution in [0.1, 0.15) is 35.0 Å². The van der Waals surface area contributed by atoms with E-state index in [-0.39, 0.29) is 11.9 Å². The van der Waals surface area contributed by atoms with Crippen molar-refractivity contribution in [2.75, 3.05) is 19.6 Å². The predicted molar refractivity (Wildman–Crippen MR) is 92.9 cm³/mol. The van der Waals surface area contributed by atoms with Crippen LogP contribution in [0.3, 0.4) is 0 Å². The lowest BCUT2D eigenvalue weighted by molar-refractivity contribution is 0.0935. The number of nitrogens with one attached hydrogen (secondary N) is 2. The lowest BCUT2D eigenvalue weighted by Gasteiger charge is -2.25. The monoisotopic (exact) mass is 323 g/mol. The smallest absolute Gasteiger partial charge is 0.253 e. The second kappa shape index (κ2) is 6.53. The summed E-state index contributed by atoms with van der Waals surface area (Å²) in [5.41, 5.74) is 1.66. The first-order valence-electron chi connectivity index (χ1n) is 8.45. The van der Waals surface area contributed by atoms with Gasteiger partial charge in [0.25, 0.3) is 5.91 Å². The number of carbonyl (C=O) groups excluding carboxylic acids is 1. The normalized spacial score (nSPS) is 16.5. The minimum atomic E-state index is -0.0526. The first kappa shape index (κ1) is 15.0. The summed E-state index contributed by atoms with van der Waals surface area (Å²) >= 11 is 0. The summed E-state index contributed by atoms with van der Waals surface area (Å²) in [6, 6.07) is 11.8. The molecule has 3 aromatic rings. The molecule has 4 rings (SSSR count). The molecule has 0 saturated carbocycles. The maximum atomic E-state index is 12.6. The highest BCUT2D eigenvalue weighted by molar-refractivity contribution is 6.06. The second-order valence-corrected chi connectivity index (χ2v) is 6.23. The average Bonchev–Trinajstić information content (AvgIpc) is 3.36. The van der Waals surface area contributed by atoms with Crippen LogP contribution in [-0.2, 0) is 0 Å². The molecule has 0 spiro atoms. The number of fused-ring (bicyclic) bond motifs is 1. The van der Waals surface area contributed by atoms with E-state index in [2.05, 4.69) is 15.2 Å². The molecular formula is C19H21N3O2. The van der Waals surface area contributed by atoms with Gasteiger partial charge in [-0.1, -0.05) is 18.2 Å². The quantitative estimate of drug-likeness (QED) is 0.757. The Bertz CT molecular complexity index is 816. The number of para-hydroxylation sites is 1. The fourth-order valence-electron chi connectivity index (χ4n) is 3.49. The van der Waals surface area contributed by atoms with Crippen LogP contribution in [0.4, 0.5) is 0 Å². The van der Waals surface area contributed by atoms with E-state index in [0.29, 0.717) is 12.1 Å². The largest absolute Gasteiger partial charge is 0.468 e. The third-order valence-corrected chi connectivity index (χ3v) is 4.74. The van der Waals surface area contributed by atoms with Crippen molar-refractivity contribution < 1.29 is 9.21 Å². The van der Waals surface area contributed by atoms with Crippen LogP contribution in [0.25, 0.3) is 10.9 Å². The van der Waals surface area contributed by atoms with E-state index in [9.17, 15) is 4.79 Å². The number of aromatic amines is 1. The lowest BCUT2D eigenvalue weighted by atomic mass is 10.1. The molecule has 3 heterocycles. The summed E-state index contributed by atoms with van der Waals surface area (Å²) in [5, 5.41) is 4.03. The molecule has 0 bridgehead atoms. The Hall–Kier alpha value is -2.53. The van der Waals surface area contributed by atoms with Gasteiger partial charge in [0.1, 0.15) is 5.76 Å². The van der Waals surface area contributed by atoms with Gasteiger partial charge in [-0.25, -0.2) is 0 Å². The maximum absolute atomic E-state index is 12.6. The van der Waals surface area contributed by atoms with Crippen molar-refractivity contribution in [2.24, 2.45) is 0 Å². The molecule has 124 valence electrons. The number of likely N-dealkylation sites (tertiary alicyclic amines) is 1. The van der Waals surface area contributed by atoms with Gasteiger partial charge >= 0.3 is 0 Å². The summed E-state index contributed by atoms with van der Waals surface area (Å²) < 4.78 is 5.60. The number of H-pyrrole nitrogens is 1. The van der Waals surface area contributed by atoms with Crippen LogP contribution >= 0.6 is 0 Å². The molecule has 1 amide bonds. The van der Waals surface area contributed by atoms with Crippen molar-refractivity contribution in [2.45, 2.75) is 18.9 Å². The SMILES string of the molecule is O=C(NC[C@H](c1ccco1)N1CCCC1)c1c[nH]c2ccccc12. The molecule has 5 nitrogen and oxygen atoms in total. The molecule has 2 N–H and O–H groups in total. The third-order valence-electron chi connectivity index (χ3n) is 4.74. The number of hydrogen-bond donors (Lipinski definition) is 2. The fourth-order valence-corrected chi connectivity index (χ4v) is 3.49. The van der Waals surface area contributed by atoms with Gasteiger partial charge in [-0.3, -0.25) is 9.69 Å². The second-order valence-electron chi connectivity index (χ2n) is 6.23. The molecule has 0 radical (unpaired) electrons. The van der Waals surface area contributed by atoms with Crippen molar-refractivity contribution in [1.82, 2.24) is 15.2 Å². The average molecular weight is 323 g/mol. The molecule has 1 aliphatic rings. The molecule has 5 heteroatoms. The molecule has 1 aliphatic heterocycles. The summed E-state index contributed by atoms with van der Waals surface area (Å²) in [7, 11) is 0. The van der Waals surface area contributed by atoms with Gasteiger partial charge in [0.15, 0.2) is 0 Å². The van der Waals surface area contributed by atoms with E-state index in [0.717, 1.165) is 29.8 Å². The Morgan fingerprint density at radius 2 is 2.04 bits per heavy atom. The summed E-state index contributed by atoms with van der Waals surface area (Å²) in [6.45, 7) is 2.65. The van der Waals surface area contributed by atoms with Gasteiger partial charge in [-0.15, -0.1) is 0 Å². The van der Waals surface area contributed by atoms with Crippen LogP contribution in [0.2, 0.25) is 0 Å². The van der Waals surface area contributed by atoms with Crippen molar-refractivity contribution in [3.8, 4) is 0 Å². The molecule has 1 saturated heterocycles. The number of aromatic nitrogens is 1. The Kier molecular flexibility index (Phi) is 4.09. The van der Waals surface area contributed by atoms with Crippen LogP contribution in [0, 0.1) is 0 Å². The molecule has 24 heavy (non-hydrogen) atoms.